The van der Waals surface area contributed by atoms with E-state index in [1.807, 2.05) is 30.3 Å². The van der Waals surface area contributed by atoms with Crippen LogP contribution in [0.4, 0.5) is 0 Å². The number of sulfonamides is 1. The first kappa shape index (κ1) is 16.9. The molecular formula is C15H21NO5S. The molecule has 0 aliphatic carbocycles. The summed E-state index contributed by atoms with van der Waals surface area (Å²) in [6.07, 6.45) is -0.130. The van der Waals surface area contributed by atoms with Gasteiger partial charge in [-0.2, -0.15) is 4.31 Å². The van der Waals surface area contributed by atoms with Crippen LogP contribution in [0.1, 0.15) is 24.9 Å². The van der Waals surface area contributed by atoms with Crippen molar-refractivity contribution in [2.75, 3.05) is 32.1 Å². The topological polar surface area (TPSA) is 72.9 Å². The van der Waals surface area contributed by atoms with Crippen LogP contribution in [-0.4, -0.2) is 50.8 Å². The number of benzene rings is 1. The van der Waals surface area contributed by atoms with Crippen molar-refractivity contribution >= 4 is 16.0 Å². The Kier molecular flexibility index (Phi) is 5.93. The average molecular weight is 327 g/mol. The van der Waals surface area contributed by atoms with Crippen LogP contribution in [0.2, 0.25) is 0 Å². The van der Waals surface area contributed by atoms with E-state index in [4.69, 9.17) is 9.47 Å². The van der Waals surface area contributed by atoms with E-state index >= 15 is 0 Å². The van der Waals surface area contributed by atoms with E-state index < -0.39 is 16.0 Å². The Labute approximate surface area is 131 Å². The normalized spacial score (nSPS) is 19.8. The molecule has 1 heterocycles. The van der Waals surface area contributed by atoms with Crippen LogP contribution in [0.25, 0.3) is 0 Å². The standard InChI is InChI=1S/C15H21NO5S/c1-2-21-15(17)8-11-22(18,19)16-9-10-20-12-14(16)13-6-4-3-5-7-13/h3-7,14H,2,8-12H2,1H3/t14-/m0/s1. The maximum absolute atomic E-state index is 12.5. The molecule has 1 aromatic rings. The fourth-order valence-electron chi connectivity index (χ4n) is 2.42. The van der Waals surface area contributed by atoms with Gasteiger partial charge in [-0.3, -0.25) is 4.79 Å². The van der Waals surface area contributed by atoms with Crippen LogP contribution in [0.15, 0.2) is 30.3 Å². The fraction of sp³-hybridized carbons (Fsp3) is 0.533. The Hall–Kier alpha value is -1.44. The molecule has 0 N–H and O–H groups in total. The molecular weight excluding hydrogens is 306 g/mol. The lowest BCUT2D eigenvalue weighted by Gasteiger charge is -2.34. The number of rotatable bonds is 6. The molecule has 122 valence electrons. The van der Waals surface area contributed by atoms with Crippen LogP contribution in [0.5, 0.6) is 0 Å². The number of nitrogens with zero attached hydrogens (tertiary/aromatic N) is 1. The number of hydrogen-bond acceptors (Lipinski definition) is 5. The molecule has 0 bridgehead atoms. The lowest BCUT2D eigenvalue weighted by Crippen LogP contribution is -2.44. The predicted octanol–water partition coefficient (Wildman–Crippen LogP) is 1.34. The summed E-state index contributed by atoms with van der Waals surface area (Å²) in [6, 6.07) is 9.04. The molecule has 22 heavy (non-hydrogen) atoms. The van der Waals surface area contributed by atoms with E-state index in [0.717, 1.165) is 5.56 Å². The Bertz CT molecular complexity index is 587. The summed E-state index contributed by atoms with van der Waals surface area (Å²) in [5.74, 6) is -0.731. The van der Waals surface area contributed by atoms with E-state index in [-0.39, 0.29) is 24.8 Å². The minimum Gasteiger partial charge on any atom is -0.466 e. The van der Waals surface area contributed by atoms with Crippen molar-refractivity contribution in [2.45, 2.75) is 19.4 Å². The van der Waals surface area contributed by atoms with Gasteiger partial charge in [0.15, 0.2) is 0 Å². The van der Waals surface area contributed by atoms with E-state index in [0.29, 0.717) is 19.8 Å². The van der Waals surface area contributed by atoms with E-state index in [1.165, 1.54) is 4.31 Å². The third-order valence-corrected chi connectivity index (χ3v) is 5.36. The zero-order valence-corrected chi connectivity index (χ0v) is 13.4. The van der Waals surface area contributed by atoms with Crippen molar-refractivity contribution in [3.63, 3.8) is 0 Å². The van der Waals surface area contributed by atoms with Gasteiger partial charge in [0.05, 0.1) is 38.0 Å². The van der Waals surface area contributed by atoms with Gasteiger partial charge in [0.2, 0.25) is 10.0 Å². The van der Waals surface area contributed by atoms with Crippen molar-refractivity contribution in [1.29, 1.82) is 0 Å². The molecule has 1 aliphatic rings. The van der Waals surface area contributed by atoms with Crippen molar-refractivity contribution in [1.82, 2.24) is 4.31 Å². The van der Waals surface area contributed by atoms with Gasteiger partial charge in [-0.15, -0.1) is 0 Å². The van der Waals surface area contributed by atoms with Crippen molar-refractivity contribution in [3.05, 3.63) is 35.9 Å². The van der Waals surface area contributed by atoms with Gasteiger partial charge in [0.25, 0.3) is 0 Å². The molecule has 1 fully saturated rings. The predicted molar refractivity (Wildman–Crippen MR) is 81.7 cm³/mol. The summed E-state index contributed by atoms with van der Waals surface area (Å²) in [7, 11) is -3.54. The second-order valence-corrected chi connectivity index (χ2v) is 7.02. The number of carbonyl (C=O) groups is 1. The second kappa shape index (κ2) is 7.71. The molecule has 1 atom stereocenters. The number of morpholine rings is 1. The molecule has 1 aliphatic heterocycles. The third kappa shape index (κ3) is 4.28. The Morgan fingerprint density at radius 1 is 1.36 bits per heavy atom. The molecule has 0 amide bonds. The smallest absolute Gasteiger partial charge is 0.306 e. The molecule has 1 saturated heterocycles. The summed E-state index contributed by atoms with van der Waals surface area (Å²) >= 11 is 0. The summed E-state index contributed by atoms with van der Waals surface area (Å²) in [4.78, 5) is 11.4. The Balaban J connectivity index is 2.11. The summed E-state index contributed by atoms with van der Waals surface area (Å²) < 4.78 is 36.7. The molecule has 6 nitrogen and oxygen atoms in total. The van der Waals surface area contributed by atoms with Crippen molar-refractivity contribution < 1.29 is 22.7 Å². The largest absolute Gasteiger partial charge is 0.466 e. The highest BCUT2D eigenvalue weighted by Gasteiger charge is 2.34. The van der Waals surface area contributed by atoms with Gasteiger partial charge in [-0.1, -0.05) is 30.3 Å². The summed E-state index contributed by atoms with van der Waals surface area (Å²) in [5.41, 5.74) is 0.891. The Morgan fingerprint density at radius 2 is 2.09 bits per heavy atom. The third-order valence-electron chi connectivity index (χ3n) is 3.49. The SMILES string of the molecule is CCOC(=O)CCS(=O)(=O)N1CCOC[C@H]1c1ccccc1. The first-order valence-corrected chi connectivity index (χ1v) is 8.93. The van der Waals surface area contributed by atoms with Crippen LogP contribution in [0.3, 0.4) is 0 Å². The zero-order chi connectivity index (χ0) is 16.0. The number of carbonyl (C=O) groups excluding carboxylic acids is 1. The number of ether oxygens (including phenoxy) is 2. The minimum atomic E-state index is -3.54. The van der Waals surface area contributed by atoms with Crippen LogP contribution < -0.4 is 0 Å². The fourth-order valence-corrected chi connectivity index (χ4v) is 4.00. The van der Waals surface area contributed by atoms with Crippen LogP contribution in [-0.2, 0) is 24.3 Å². The van der Waals surface area contributed by atoms with Gasteiger partial charge in [-0.25, -0.2) is 8.42 Å². The van der Waals surface area contributed by atoms with Gasteiger partial charge >= 0.3 is 5.97 Å². The van der Waals surface area contributed by atoms with E-state index in [1.54, 1.807) is 6.92 Å². The summed E-state index contributed by atoms with van der Waals surface area (Å²) in [5, 5.41) is 0. The Morgan fingerprint density at radius 3 is 2.77 bits per heavy atom. The molecule has 0 unspecified atom stereocenters. The molecule has 0 radical (unpaired) electrons. The molecule has 0 aromatic heterocycles. The second-order valence-electron chi connectivity index (χ2n) is 4.98. The molecule has 0 saturated carbocycles. The zero-order valence-electron chi connectivity index (χ0n) is 12.6. The minimum absolute atomic E-state index is 0.130. The maximum Gasteiger partial charge on any atom is 0.306 e. The van der Waals surface area contributed by atoms with Gasteiger partial charge in [0, 0.05) is 6.54 Å². The lowest BCUT2D eigenvalue weighted by atomic mass is 10.1. The lowest BCUT2D eigenvalue weighted by molar-refractivity contribution is -0.142. The first-order chi connectivity index (χ1) is 10.5. The average Bonchev–Trinajstić information content (AvgIpc) is 2.54. The molecule has 1 aromatic carbocycles. The van der Waals surface area contributed by atoms with E-state index in [9.17, 15) is 13.2 Å². The van der Waals surface area contributed by atoms with Gasteiger partial charge < -0.3 is 9.47 Å². The van der Waals surface area contributed by atoms with Crippen molar-refractivity contribution in [3.8, 4) is 0 Å². The quantitative estimate of drug-likeness (QED) is 0.737. The first-order valence-electron chi connectivity index (χ1n) is 7.32. The maximum atomic E-state index is 12.5. The van der Waals surface area contributed by atoms with Gasteiger partial charge in [-0.05, 0) is 12.5 Å². The molecule has 7 heteroatoms. The summed E-state index contributed by atoms with van der Waals surface area (Å²) in [6.45, 7) is 2.93. The highest BCUT2D eigenvalue weighted by atomic mass is 32.2. The van der Waals surface area contributed by atoms with Gasteiger partial charge in [0.1, 0.15) is 0 Å². The highest BCUT2D eigenvalue weighted by Crippen LogP contribution is 2.27. The molecule has 2 rings (SSSR count). The van der Waals surface area contributed by atoms with Crippen LogP contribution in [0, 0.1) is 0 Å². The van der Waals surface area contributed by atoms with Crippen LogP contribution >= 0.6 is 0 Å². The van der Waals surface area contributed by atoms with Crippen molar-refractivity contribution in [2.24, 2.45) is 0 Å². The molecule has 0 spiro atoms. The highest BCUT2D eigenvalue weighted by molar-refractivity contribution is 7.89. The number of esters is 1. The number of hydrogen-bond donors (Lipinski definition) is 0. The monoisotopic (exact) mass is 327 g/mol. The van der Waals surface area contributed by atoms with E-state index in [2.05, 4.69) is 0 Å².